The van der Waals surface area contributed by atoms with Gasteiger partial charge in [0.2, 0.25) is 5.82 Å². The molecule has 0 atom stereocenters. The van der Waals surface area contributed by atoms with Crippen molar-refractivity contribution in [3.8, 4) is 22.8 Å². The summed E-state index contributed by atoms with van der Waals surface area (Å²) in [6, 6.07) is 13.4. The van der Waals surface area contributed by atoms with E-state index in [1.165, 1.54) is 0 Å². The molecule has 0 fully saturated rings. The van der Waals surface area contributed by atoms with Gasteiger partial charge >= 0.3 is 5.69 Å². The van der Waals surface area contributed by atoms with Gasteiger partial charge in [-0.1, -0.05) is 27.2 Å². The maximum atomic E-state index is 12.1. The minimum absolute atomic E-state index is 0.0837. The molecule has 4 rings (SSSR count). The predicted molar refractivity (Wildman–Crippen MR) is 99.4 cm³/mol. The number of benzene rings is 2. The maximum Gasteiger partial charge on any atom is 0.326 e. The van der Waals surface area contributed by atoms with Crippen molar-refractivity contribution in [1.29, 1.82) is 0 Å². The smallest absolute Gasteiger partial charge is 0.326 e. The van der Waals surface area contributed by atoms with Gasteiger partial charge in [-0.2, -0.15) is 4.98 Å². The van der Waals surface area contributed by atoms with Crippen LogP contribution >= 0.6 is 15.9 Å². The topological polar surface area (TPSA) is 76.7 Å². The van der Waals surface area contributed by atoms with E-state index in [9.17, 15) is 4.79 Å². The third kappa shape index (κ3) is 2.80. The molecule has 6 nitrogen and oxygen atoms in total. The van der Waals surface area contributed by atoms with Crippen molar-refractivity contribution in [3.05, 3.63) is 57.4 Å². The molecule has 0 aliphatic carbocycles. The standard InChI is InChI=1S/C18H15BrN4O2/c1-10(2)23-15-7-6-11(9-14(15)20-18(23)24)16-21-17(25-22-16)12-4-3-5-13(19)8-12/h3-10H,1-2H3,(H,20,24). The van der Waals surface area contributed by atoms with Crippen LogP contribution in [0.15, 0.2) is 56.3 Å². The molecule has 2 heterocycles. The number of H-pyrrole nitrogens is 1. The van der Waals surface area contributed by atoms with Crippen molar-refractivity contribution in [1.82, 2.24) is 19.7 Å². The lowest BCUT2D eigenvalue weighted by atomic mass is 10.2. The summed E-state index contributed by atoms with van der Waals surface area (Å²) >= 11 is 3.43. The predicted octanol–water partition coefficient (Wildman–Crippen LogP) is 4.39. The molecule has 2 aromatic heterocycles. The van der Waals surface area contributed by atoms with Crippen LogP contribution in [0, 0.1) is 0 Å². The van der Waals surface area contributed by atoms with Crippen LogP contribution in [0.3, 0.4) is 0 Å². The molecule has 0 aliphatic rings. The molecule has 0 saturated heterocycles. The Bertz CT molecular complexity index is 1120. The highest BCUT2D eigenvalue weighted by Gasteiger charge is 2.14. The van der Waals surface area contributed by atoms with E-state index in [2.05, 4.69) is 31.1 Å². The summed E-state index contributed by atoms with van der Waals surface area (Å²) in [6.07, 6.45) is 0. The number of nitrogens with zero attached hydrogens (tertiary/aromatic N) is 3. The Kier molecular flexibility index (Phi) is 3.80. The Morgan fingerprint density at radius 1 is 1.16 bits per heavy atom. The lowest BCUT2D eigenvalue weighted by Gasteiger charge is -2.06. The average Bonchev–Trinajstić information content (AvgIpc) is 3.17. The van der Waals surface area contributed by atoms with E-state index >= 15 is 0 Å². The van der Waals surface area contributed by atoms with Gasteiger partial charge in [0.15, 0.2) is 0 Å². The summed E-state index contributed by atoms with van der Waals surface area (Å²) in [7, 11) is 0. The van der Waals surface area contributed by atoms with E-state index in [-0.39, 0.29) is 11.7 Å². The number of aromatic nitrogens is 4. The summed E-state index contributed by atoms with van der Waals surface area (Å²) in [5.41, 5.74) is 3.12. The second-order valence-electron chi connectivity index (χ2n) is 6.06. The lowest BCUT2D eigenvalue weighted by Crippen LogP contribution is -2.18. The van der Waals surface area contributed by atoms with Crippen LogP contribution in [0.25, 0.3) is 33.9 Å². The Balaban J connectivity index is 1.77. The third-order valence-corrected chi connectivity index (χ3v) is 4.48. The fourth-order valence-electron chi connectivity index (χ4n) is 2.86. The van der Waals surface area contributed by atoms with Crippen LogP contribution in [-0.2, 0) is 0 Å². The molecular weight excluding hydrogens is 384 g/mol. The van der Waals surface area contributed by atoms with E-state index in [1.807, 2.05) is 56.3 Å². The fraction of sp³-hybridized carbons (Fsp3) is 0.167. The zero-order valence-electron chi connectivity index (χ0n) is 13.7. The summed E-state index contributed by atoms with van der Waals surface area (Å²) in [4.78, 5) is 19.4. The first-order valence-corrected chi connectivity index (χ1v) is 8.66. The number of rotatable bonds is 3. The van der Waals surface area contributed by atoms with Gasteiger partial charge in [-0.25, -0.2) is 4.79 Å². The average molecular weight is 399 g/mol. The number of fused-ring (bicyclic) bond motifs is 1. The van der Waals surface area contributed by atoms with Gasteiger partial charge in [-0.05, 0) is 50.2 Å². The van der Waals surface area contributed by atoms with Crippen molar-refractivity contribution in [2.75, 3.05) is 0 Å². The van der Waals surface area contributed by atoms with E-state index < -0.39 is 0 Å². The molecule has 25 heavy (non-hydrogen) atoms. The summed E-state index contributed by atoms with van der Waals surface area (Å²) in [6.45, 7) is 3.96. The molecule has 7 heteroatoms. The van der Waals surface area contributed by atoms with Gasteiger partial charge in [-0.15, -0.1) is 0 Å². The zero-order chi connectivity index (χ0) is 17.6. The lowest BCUT2D eigenvalue weighted by molar-refractivity contribution is 0.432. The van der Waals surface area contributed by atoms with Crippen LogP contribution < -0.4 is 5.69 Å². The molecule has 0 spiro atoms. The molecule has 0 amide bonds. The van der Waals surface area contributed by atoms with Crippen molar-refractivity contribution < 1.29 is 4.52 Å². The number of hydrogen-bond acceptors (Lipinski definition) is 4. The number of hydrogen-bond donors (Lipinski definition) is 1. The number of aromatic amines is 1. The SMILES string of the molecule is CC(C)n1c(=O)[nH]c2cc(-c3noc(-c4cccc(Br)c4)n3)ccc21. The molecule has 0 unspecified atom stereocenters. The van der Waals surface area contributed by atoms with Crippen molar-refractivity contribution in [2.24, 2.45) is 0 Å². The molecule has 2 aromatic carbocycles. The molecule has 1 N–H and O–H groups in total. The highest BCUT2D eigenvalue weighted by atomic mass is 79.9. The van der Waals surface area contributed by atoms with Crippen LogP contribution in [-0.4, -0.2) is 19.7 Å². The van der Waals surface area contributed by atoms with E-state index in [0.29, 0.717) is 11.7 Å². The minimum atomic E-state index is -0.120. The second kappa shape index (κ2) is 6.00. The highest BCUT2D eigenvalue weighted by Crippen LogP contribution is 2.26. The van der Waals surface area contributed by atoms with Gasteiger partial charge in [0, 0.05) is 21.6 Å². The molecule has 0 radical (unpaired) electrons. The molecular formula is C18H15BrN4O2. The fourth-order valence-corrected chi connectivity index (χ4v) is 3.26. The molecule has 4 aromatic rings. The normalized spacial score (nSPS) is 11.5. The Hall–Kier alpha value is -2.67. The van der Waals surface area contributed by atoms with Crippen LogP contribution in [0.5, 0.6) is 0 Å². The van der Waals surface area contributed by atoms with Gasteiger partial charge in [-0.3, -0.25) is 4.57 Å². The Morgan fingerprint density at radius 2 is 2.00 bits per heavy atom. The van der Waals surface area contributed by atoms with Crippen molar-refractivity contribution in [2.45, 2.75) is 19.9 Å². The third-order valence-electron chi connectivity index (χ3n) is 3.99. The molecule has 0 aliphatic heterocycles. The van der Waals surface area contributed by atoms with Gasteiger partial charge in [0.05, 0.1) is 11.0 Å². The largest absolute Gasteiger partial charge is 0.334 e. The number of halogens is 1. The van der Waals surface area contributed by atoms with Gasteiger partial charge in [0.1, 0.15) is 0 Å². The van der Waals surface area contributed by atoms with Crippen LogP contribution in [0.4, 0.5) is 0 Å². The first-order valence-electron chi connectivity index (χ1n) is 7.87. The van der Waals surface area contributed by atoms with E-state index in [0.717, 1.165) is 26.6 Å². The first-order chi connectivity index (χ1) is 12.0. The van der Waals surface area contributed by atoms with Gasteiger partial charge in [0.25, 0.3) is 5.89 Å². The quantitative estimate of drug-likeness (QED) is 0.554. The Labute approximate surface area is 151 Å². The monoisotopic (exact) mass is 398 g/mol. The van der Waals surface area contributed by atoms with Crippen molar-refractivity contribution >= 4 is 27.0 Å². The molecule has 0 bridgehead atoms. The van der Waals surface area contributed by atoms with E-state index in [4.69, 9.17) is 4.52 Å². The summed E-state index contributed by atoms with van der Waals surface area (Å²) in [5, 5.41) is 4.06. The first kappa shape index (κ1) is 15.8. The van der Waals surface area contributed by atoms with Crippen LogP contribution in [0.1, 0.15) is 19.9 Å². The summed E-state index contributed by atoms with van der Waals surface area (Å²) < 4.78 is 8.05. The van der Waals surface area contributed by atoms with Crippen molar-refractivity contribution in [3.63, 3.8) is 0 Å². The minimum Gasteiger partial charge on any atom is -0.334 e. The molecule has 126 valence electrons. The molecule has 0 saturated carbocycles. The second-order valence-corrected chi connectivity index (χ2v) is 6.97. The zero-order valence-corrected chi connectivity index (χ0v) is 15.2. The maximum absolute atomic E-state index is 12.1. The van der Waals surface area contributed by atoms with Gasteiger partial charge < -0.3 is 9.51 Å². The van der Waals surface area contributed by atoms with E-state index in [1.54, 1.807) is 4.57 Å². The Morgan fingerprint density at radius 3 is 2.76 bits per heavy atom. The highest BCUT2D eigenvalue weighted by molar-refractivity contribution is 9.10. The summed E-state index contributed by atoms with van der Waals surface area (Å²) in [5.74, 6) is 0.930. The number of nitrogens with one attached hydrogen (secondary N) is 1. The van der Waals surface area contributed by atoms with Crippen LogP contribution in [0.2, 0.25) is 0 Å². The number of imidazole rings is 1.